The highest BCUT2D eigenvalue weighted by Crippen LogP contribution is 2.47. The maximum atomic E-state index is 13.4. The molecule has 1 heterocycles. The first-order valence-electron chi connectivity index (χ1n) is 11.3. The van der Waals surface area contributed by atoms with E-state index in [2.05, 4.69) is 0 Å². The van der Waals surface area contributed by atoms with Gasteiger partial charge in [0.25, 0.3) is 0 Å². The molecule has 2 aliphatic rings. The van der Waals surface area contributed by atoms with Gasteiger partial charge in [0.1, 0.15) is 17.4 Å². The minimum Gasteiger partial charge on any atom is -0.497 e. The lowest BCUT2D eigenvalue weighted by Gasteiger charge is -2.35. The van der Waals surface area contributed by atoms with Crippen molar-refractivity contribution in [3.05, 3.63) is 70.9 Å². The summed E-state index contributed by atoms with van der Waals surface area (Å²) in [4.78, 5) is 31.2. The molecule has 0 N–H and O–H groups in total. The van der Waals surface area contributed by atoms with Crippen molar-refractivity contribution in [2.24, 2.45) is 10.9 Å². The molecule has 0 spiro atoms. The van der Waals surface area contributed by atoms with Crippen molar-refractivity contribution < 1.29 is 23.8 Å². The average molecular weight is 448 g/mol. The van der Waals surface area contributed by atoms with Crippen molar-refractivity contribution in [1.29, 1.82) is 0 Å². The van der Waals surface area contributed by atoms with Crippen molar-refractivity contribution in [2.45, 2.75) is 38.5 Å². The van der Waals surface area contributed by atoms with Crippen LogP contribution in [0.15, 0.2) is 64.8 Å². The standard InChI is InChI=1S/C27H29NO5/c1-17-24(27(30)33-15-14-18-8-5-4-6-9-18)25(26-21(28-17)10-7-11-22(26)29)20-16-19(31-2)12-13-23(20)32-3/h4-6,8-9,12-13,16,24-25H,7,10-11,14-15H2,1-3H3/t24?,25-/m0/s1. The third-order valence-corrected chi connectivity index (χ3v) is 6.34. The zero-order valence-corrected chi connectivity index (χ0v) is 19.3. The lowest BCUT2D eigenvalue weighted by atomic mass is 9.71. The molecular weight excluding hydrogens is 418 g/mol. The number of rotatable bonds is 7. The minimum absolute atomic E-state index is 0.0319. The number of aliphatic imine (C=N–C) groups is 1. The molecule has 0 saturated carbocycles. The summed E-state index contributed by atoms with van der Waals surface area (Å²) in [5.41, 5.74) is 3.86. The molecular formula is C27H29NO5. The molecule has 2 aromatic carbocycles. The Bertz CT molecular complexity index is 1100. The maximum Gasteiger partial charge on any atom is 0.315 e. The number of ether oxygens (including phenoxy) is 3. The molecule has 1 aliphatic carbocycles. The Hall–Kier alpha value is -3.41. The van der Waals surface area contributed by atoms with E-state index in [0.717, 1.165) is 29.7 Å². The summed E-state index contributed by atoms with van der Waals surface area (Å²) in [5, 5.41) is 0. The van der Waals surface area contributed by atoms with Gasteiger partial charge >= 0.3 is 5.97 Å². The van der Waals surface area contributed by atoms with Crippen LogP contribution < -0.4 is 9.47 Å². The monoisotopic (exact) mass is 447 g/mol. The molecule has 2 atom stereocenters. The quantitative estimate of drug-likeness (QED) is 0.577. The Balaban J connectivity index is 1.70. The molecule has 0 radical (unpaired) electrons. The number of hydrogen-bond acceptors (Lipinski definition) is 6. The molecule has 33 heavy (non-hydrogen) atoms. The number of carbonyl (C=O) groups is 2. The van der Waals surface area contributed by atoms with E-state index in [1.807, 2.05) is 43.3 Å². The van der Waals surface area contributed by atoms with E-state index in [9.17, 15) is 9.59 Å². The van der Waals surface area contributed by atoms with Crippen LogP contribution in [-0.4, -0.2) is 38.3 Å². The van der Waals surface area contributed by atoms with Crippen LogP contribution in [0.2, 0.25) is 0 Å². The molecule has 0 amide bonds. The fraction of sp³-hybridized carbons (Fsp3) is 0.370. The molecule has 0 saturated heterocycles. The van der Waals surface area contributed by atoms with Crippen LogP contribution in [0.5, 0.6) is 11.5 Å². The normalized spacial score (nSPS) is 20.1. The van der Waals surface area contributed by atoms with Crippen molar-refractivity contribution in [1.82, 2.24) is 0 Å². The van der Waals surface area contributed by atoms with Gasteiger partial charge in [0, 0.05) is 41.3 Å². The van der Waals surface area contributed by atoms with Gasteiger partial charge in [-0.1, -0.05) is 30.3 Å². The minimum atomic E-state index is -0.706. The van der Waals surface area contributed by atoms with Gasteiger partial charge in [-0.05, 0) is 43.5 Å². The first kappa shape index (κ1) is 22.8. The Morgan fingerprint density at radius 3 is 2.58 bits per heavy atom. The van der Waals surface area contributed by atoms with E-state index in [1.165, 1.54) is 0 Å². The molecule has 0 aromatic heterocycles. The van der Waals surface area contributed by atoms with E-state index >= 15 is 0 Å². The van der Waals surface area contributed by atoms with Crippen LogP contribution >= 0.6 is 0 Å². The lowest BCUT2D eigenvalue weighted by Crippen LogP contribution is -2.37. The maximum absolute atomic E-state index is 13.4. The summed E-state index contributed by atoms with van der Waals surface area (Å²) in [5.74, 6) is -0.353. The zero-order chi connectivity index (χ0) is 23.4. The van der Waals surface area contributed by atoms with E-state index in [1.54, 1.807) is 26.4 Å². The first-order valence-corrected chi connectivity index (χ1v) is 11.3. The third-order valence-electron chi connectivity index (χ3n) is 6.34. The summed E-state index contributed by atoms with van der Waals surface area (Å²) < 4.78 is 16.8. The van der Waals surface area contributed by atoms with E-state index < -0.39 is 11.8 Å². The van der Waals surface area contributed by atoms with E-state index in [-0.39, 0.29) is 18.4 Å². The summed E-state index contributed by atoms with van der Waals surface area (Å²) in [6.45, 7) is 2.10. The molecule has 1 unspecified atom stereocenters. The number of Topliss-reactive ketones (excluding diaryl/α,β-unsaturated/α-hetero) is 1. The van der Waals surface area contributed by atoms with E-state index in [4.69, 9.17) is 19.2 Å². The number of hydrogen-bond donors (Lipinski definition) is 0. The van der Waals surface area contributed by atoms with Crippen LogP contribution in [0.1, 0.15) is 43.2 Å². The van der Waals surface area contributed by atoms with Crippen LogP contribution in [0.3, 0.4) is 0 Å². The largest absolute Gasteiger partial charge is 0.497 e. The Morgan fingerprint density at radius 2 is 1.85 bits per heavy atom. The Morgan fingerprint density at radius 1 is 1.06 bits per heavy atom. The topological polar surface area (TPSA) is 74.2 Å². The second-order valence-electron chi connectivity index (χ2n) is 8.36. The number of allylic oxidation sites excluding steroid dienone is 2. The fourth-order valence-corrected chi connectivity index (χ4v) is 4.73. The summed E-state index contributed by atoms with van der Waals surface area (Å²) in [6.07, 6.45) is 2.56. The van der Waals surface area contributed by atoms with Gasteiger partial charge in [0.05, 0.1) is 20.8 Å². The Labute approximate surface area is 194 Å². The van der Waals surface area contributed by atoms with Crippen LogP contribution in [0.25, 0.3) is 0 Å². The highest BCUT2D eigenvalue weighted by atomic mass is 16.5. The van der Waals surface area contributed by atoms with Crippen molar-refractivity contribution in [2.75, 3.05) is 20.8 Å². The molecule has 6 nitrogen and oxygen atoms in total. The van der Waals surface area contributed by atoms with Gasteiger partial charge in [-0.2, -0.15) is 0 Å². The second-order valence-corrected chi connectivity index (χ2v) is 8.36. The molecule has 1 aliphatic heterocycles. The molecule has 4 rings (SSSR count). The van der Waals surface area contributed by atoms with Gasteiger partial charge in [-0.15, -0.1) is 0 Å². The number of esters is 1. The third kappa shape index (κ3) is 4.70. The van der Waals surface area contributed by atoms with Gasteiger partial charge in [0.2, 0.25) is 0 Å². The highest BCUT2D eigenvalue weighted by Gasteiger charge is 2.44. The van der Waals surface area contributed by atoms with Crippen LogP contribution in [-0.2, 0) is 20.7 Å². The number of methoxy groups -OCH3 is 2. The summed E-state index contributed by atoms with van der Waals surface area (Å²) in [7, 11) is 3.17. The molecule has 172 valence electrons. The number of ketones is 1. The van der Waals surface area contributed by atoms with Gasteiger partial charge in [0.15, 0.2) is 5.78 Å². The van der Waals surface area contributed by atoms with Gasteiger partial charge < -0.3 is 14.2 Å². The average Bonchev–Trinajstić information content (AvgIpc) is 2.83. The number of benzene rings is 2. The van der Waals surface area contributed by atoms with Crippen LogP contribution in [0.4, 0.5) is 0 Å². The number of carbonyl (C=O) groups excluding carboxylic acids is 2. The van der Waals surface area contributed by atoms with Crippen molar-refractivity contribution in [3.63, 3.8) is 0 Å². The molecule has 0 bridgehead atoms. The predicted molar refractivity (Wildman–Crippen MR) is 126 cm³/mol. The smallest absolute Gasteiger partial charge is 0.315 e. The fourth-order valence-electron chi connectivity index (χ4n) is 4.73. The van der Waals surface area contributed by atoms with Crippen LogP contribution in [0, 0.1) is 5.92 Å². The highest BCUT2D eigenvalue weighted by molar-refractivity contribution is 6.09. The first-order chi connectivity index (χ1) is 16.0. The zero-order valence-electron chi connectivity index (χ0n) is 19.3. The van der Waals surface area contributed by atoms with Gasteiger partial charge in [-0.3, -0.25) is 14.6 Å². The number of nitrogens with zero attached hydrogens (tertiary/aromatic N) is 1. The lowest BCUT2D eigenvalue weighted by molar-refractivity contribution is -0.146. The van der Waals surface area contributed by atoms with Crippen molar-refractivity contribution in [3.8, 4) is 11.5 Å². The summed E-state index contributed by atoms with van der Waals surface area (Å²) in [6, 6.07) is 15.3. The SMILES string of the molecule is COc1ccc(OC)c([C@@H]2C3=C(CCCC3=O)N=C(C)C2C(=O)OCCc2ccccc2)c1. The molecule has 6 heteroatoms. The second kappa shape index (κ2) is 10.0. The van der Waals surface area contributed by atoms with Gasteiger partial charge in [-0.25, -0.2) is 0 Å². The van der Waals surface area contributed by atoms with E-state index in [0.29, 0.717) is 35.6 Å². The Kier molecular flexibility index (Phi) is 6.92. The molecule has 0 fully saturated rings. The predicted octanol–water partition coefficient (Wildman–Crippen LogP) is 4.67. The molecule has 2 aromatic rings. The van der Waals surface area contributed by atoms with Crippen molar-refractivity contribution >= 4 is 17.5 Å². The summed E-state index contributed by atoms with van der Waals surface area (Å²) >= 11 is 0.